The van der Waals surface area contributed by atoms with Crippen LogP contribution in [0.5, 0.6) is 0 Å². The smallest absolute Gasteiger partial charge is 0.232 e. The first-order chi connectivity index (χ1) is 7.94. The molecule has 0 radical (unpaired) electrons. The number of pyridine rings is 1. The Morgan fingerprint density at radius 1 is 1.59 bits per heavy atom. The Kier molecular flexibility index (Phi) is 5.64. The van der Waals surface area contributed by atoms with E-state index in [-0.39, 0.29) is 16.6 Å². The molecule has 1 aromatic rings. The Labute approximate surface area is 114 Å². The highest BCUT2D eigenvalue weighted by Gasteiger charge is 2.13. The van der Waals surface area contributed by atoms with E-state index in [0.717, 1.165) is 0 Å². The molecule has 96 valence electrons. The lowest BCUT2D eigenvalue weighted by Gasteiger charge is -2.09. The van der Waals surface area contributed by atoms with Crippen LogP contribution in [0.3, 0.4) is 0 Å². The molecule has 0 saturated carbocycles. The fourth-order valence-corrected chi connectivity index (χ4v) is 2.73. The van der Waals surface area contributed by atoms with Gasteiger partial charge < -0.3 is 4.74 Å². The molecular weight excluding hydrogens is 332 g/mol. The van der Waals surface area contributed by atoms with Crippen LogP contribution in [0.25, 0.3) is 0 Å². The molecule has 17 heavy (non-hydrogen) atoms. The molecule has 0 saturated heterocycles. The number of aromatic nitrogens is 1. The quantitative estimate of drug-likeness (QED) is 0.635. The van der Waals surface area contributed by atoms with Crippen molar-refractivity contribution in [2.45, 2.75) is 6.42 Å². The number of halogens is 2. The summed E-state index contributed by atoms with van der Waals surface area (Å²) in [6.07, 6.45) is 1.91. The van der Waals surface area contributed by atoms with E-state index in [9.17, 15) is 8.42 Å². The molecule has 1 N–H and O–H groups in total. The van der Waals surface area contributed by atoms with E-state index in [4.69, 9.17) is 16.3 Å². The van der Waals surface area contributed by atoms with Gasteiger partial charge in [-0.05, 0) is 28.4 Å². The van der Waals surface area contributed by atoms with Gasteiger partial charge in [0.05, 0.1) is 11.4 Å². The lowest BCUT2D eigenvalue weighted by atomic mass is 10.4. The van der Waals surface area contributed by atoms with Crippen LogP contribution in [0.4, 0.5) is 5.69 Å². The van der Waals surface area contributed by atoms with Crippen molar-refractivity contribution in [2.75, 3.05) is 24.2 Å². The first-order valence-corrected chi connectivity index (χ1v) is 7.57. The lowest BCUT2D eigenvalue weighted by Crippen LogP contribution is -2.18. The van der Waals surface area contributed by atoms with Crippen molar-refractivity contribution in [3.05, 3.63) is 21.9 Å². The zero-order valence-electron chi connectivity index (χ0n) is 9.11. The van der Waals surface area contributed by atoms with Gasteiger partial charge in [0.1, 0.15) is 0 Å². The average molecular weight is 344 g/mol. The average Bonchev–Trinajstić information content (AvgIpc) is 2.23. The van der Waals surface area contributed by atoms with Gasteiger partial charge in [-0.15, -0.1) is 0 Å². The van der Waals surface area contributed by atoms with Crippen molar-refractivity contribution in [1.29, 1.82) is 0 Å². The van der Waals surface area contributed by atoms with E-state index in [1.54, 1.807) is 6.07 Å². The molecule has 1 aromatic heterocycles. The molecule has 1 heterocycles. The normalized spacial score (nSPS) is 11.5. The van der Waals surface area contributed by atoms with Gasteiger partial charge in [-0.3, -0.25) is 4.72 Å². The van der Waals surface area contributed by atoms with E-state index in [1.807, 2.05) is 0 Å². The minimum atomic E-state index is -3.42. The third-order valence-corrected chi connectivity index (χ3v) is 3.92. The fourth-order valence-electron chi connectivity index (χ4n) is 1.11. The predicted octanol–water partition coefficient (Wildman–Crippen LogP) is 2.28. The summed E-state index contributed by atoms with van der Waals surface area (Å²) in [7, 11) is -1.90. The van der Waals surface area contributed by atoms with Gasteiger partial charge >= 0.3 is 0 Å². The number of ether oxygens (including phenoxy) is 1. The number of methoxy groups -OCH3 is 1. The van der Waals surface area contributed by atoms with Gasteiger partial charge in [-0.2, -0.15) is 0 Å². The molecule has 8 heteroatoms. The molecule has 0 aliphatic carbocycles. The van der Waals surface area contributed by atoms with Crippen LogP contribution < -0.4 is 4.72 Å². The summed E-state index contributed by atoms with van der Waals surface area (Å²) in [4.78, 5) is 3.83. The van der Waals surface area contributed by atoms with Crippen LogP contribution >= 0.6 is 27.5 Å². The van der Waals surface area contributed by atoms with Crippen molar-refractivity contribution in [1.82, 2.24) is 4.98 Å². The van der Waals surface area contributed by atoms with Crippen LogP contribution in [0.1, 0.15) is 6.42 Å². The SMILES string of the molecule is COCCCS(=O)(=O)Nc1cc(Br)cnc1Cl. The monoisotopic (exact) mass is 342 g/mol. The molecule has 1 rings (SSSR count). The topological polar surface area (TPSA) is 68.3 Å². The third kappa shape index (κ3) is 5.20. The molecule has 0 atom stereocenters. The molecule has 0 unspecified atom stereocenters. The first-order valence-electron chi connectivity index (χ1n) is 4.75. The Bertz CT molecular complexity index is 481. The van der Waals surface area contributed by atoms with Crippen molar-refractivity contribution in [2.24, 2.45) is 0 Å². The Hall–Kier alpha value is -0.370. The second-order valence-electron chi connectivity index (χ2n) is 3.26. The van der Waals surface area contributed by atoms with Crippen LogP contribution in [-0.2, 0) is 14.8 Å². The molecule has 0 aliphatic heterocycles. The lowest BCUT2D eigenvalue weighted by molar-refractivity contribution is 0.199. The zero-order chi connectivity index (χ0) is 12.9. The molecule has 0 amide bonds. The number of nitrogens with one attached hydrogen (secondary N) is 1. The van der Waals surface area contributed by atoms with E-state index in [0.29, 0.717) is 17.5 Å². The van der Waals surface area contributed by atoms with E-state index in [1.165, 1.54) is 13.3 Å². The number of hydrogen-bond acceptors (Lipinski definition) is 4. The molecule has 0 aromatic carbocycles. The number of sulfonamides is 1. The summed E-state index contributed by atoms with van der Waals surface area (Å²) in [5.74, 6) is -0.0241. The highest BCUT2D eigenvalue weighted by Crippen LogP contribution is 2.23. The van der Waals surface area contributed by atoms with Crippen LogP contribution in [-0.4, -0.2) is 32.9 Å². The van der Waals surface area contributed by atoms with E-state index in [2.05, 4.69) is 25.6 Å². The van der Waals surface area contributed by atoms with Gasteiger partial charge in [0.25, 0.3) is 0 Å². The number of rotatable bonds is 6. The Morgan fingerprint density at radius 2 is 2.29 bits per heavy atom. The molecule has 0 bridgehead atoms. The van der Waals surface area contributed by atoms with Gasteiger partial charge in [-0.25, -0.2) is 13.4 Å². The summed E-state index contributed by atoms with van der Waals surface area (Å²) < 4.78 is 31.2. The molecule has 0 fully saturated rings. The summed E-state index contributed by atoms with van der Waals surface area (Å²) in [5.41, 5.74) is 0.262. The third-order valence-electron chi connectivity index (χ3n) is 1.83. The van der Waals surface area contributed by atoms with Crippen LogP contribution in [0, 0.1) is 0 Å². The summed E-state index contributed by atoms with van der Waals surface area (Å²) >= 11 is 8.97. The number of anilines is 1. The van der Waals surface area contributed by atoms with Crippen molar-refractivity contribution >= 4 is 43.2 Å². The Morgan fingerprint density at radius 3 is 2.94 bits per heavy atom. The van der Waals surface area contributed by atoms with Gasteiger partial charge in [-0.1, -0.05) is 11.6 Å². The van der Waals surface area contributed by atoms with Crippen molar-refractivity contribution in [3.8, 4) is 0 Å². The summed E-state index contributed by atoms with van der Waals surface area (Å²) in [5, 5.41) is 0.114. The molecular formula is C9H12BrClN2O3S. The van der Waals surface area contributed by atoms with E-state index < -0.39 is 10.0 Å². The maximum absolute atomic E-state index is 11.7. The first kappa shape index (κ1) is 14.7. The minimum absolute atomic E-state index is 0.0241. The summed E-state index contributed by atoms with van der Waals surface area (Å²) in [6.45, 7) is 0.394. The summed E-state index contributed by atoms with van der Waals surface area (Å²) in [6, 6.07) is 1.56. The van der Waals surface area contributed by atoms with Gasteiger partial charge in [0, 0.05) is 24.4 Å². The van der Waals surface area contributed by atoms with Gasteiger partial charge in [0.15, 0.2) is 5.15 Å². The zero-order valence-corrected chi connectivity index (χ0v) is 12.3. The van der Waals surface area contributed by atoms with Gasteiger partial charge in [0.2, 0.25) is 10.0 Å². The second-order valence-corrected chi connectivity index (χ2v) is 6.37. The number of nitrogens with zero attached hydrogens (tertiary/aromatic N) is 1. The molecule has 5 nitrogen and oxygen atoms in total. The van der Waals surface area contributed by atoms with Crippen LogP contribution in [0.15, 0.2) is 16.7 Å². The number of hydrogen-bond donors (Lipinski definition) is 1. The van der Waals surface area contributed by atoms with Crippen molar-refractivity contribution < 1.29 is 13.2 Å². The largest absolute Gasteiger partial charge is 0.385 e. The minimum Gasteiger partial charge on any atom is -0.385 e. The second kappa shape index (κ2) is 6.53. The maximum atomic E-state index is 11.7. The standard InChI is InChI=1S/C9H12BrClN2O3S/c1-16-3-2-4-17(14,15)13-8-5-7(10)6-12-9(8)11/h5-6,13H,2-4H2,1H3. The highest BCUT2D eigenvalue weighted by atomic mass is 79.9. The molecule has 0 spiro atoms. The van der Waals surface area contributed by atoms with E-state index >= 15 is 0 Å². The fraction of sp³-hybridized carbons (Fsp3) is 0.444. The van der Waals surface area contributed by atoms with Crippen molar-refractivity contribution in [3.63, 3.8) is 0 Å². The molecule has 0 aliphatic rings. The van der Waals surface area contributed by atoms with Crippen LogP contribution in [0.2, 0.25) is 5.15 Å². The Balaban J connectivity index is 2.72. The predicted molar refractivity (Wildman–Crippen MR) is 70.8 cm³/mol. The maximum Gasteiger partial charge on any atom is 0.232 e. The highest BCUT2D eigenvalue weighted by molar-refractivity contribution is 9.10.